The lowest BCUT2D eigenvalue weighted by molar-refractivity contribution is 0.0706. The molecule has 4 aromatic rings. The number of methoxy groups -OCH3 is 1. The maximum absolute atomic E-state index is 13.2. The highest BCUT2D eigenvalue weighted by Gasteiger charge is 2.30. The second-order valence-electron chi connectivity index (χ2n) is 8.92. The Morgan fingerprint density at radius 3 is 2.53 bits per heavy atom. The number of benzene rings is 2. The first-order valence-electron chi connectivity index (χ1n) is 12.1. The number of carbonyl (C=O) groups is 1. The second kappa shape index (κ2) is 9.85. The van der Waals surface area contributed by atoms with Crippen molar-refractivity contribution in [1.29, 1.82) is 0 Å². The molecular weight excluding hydrogens is 460 g/mol. The molecule has 0 bridgehead atoms. The topological polar surface area (TPSA) is 99.6 Å². The van der Waals surface area contributed by atoms with Crippen LogP contribution in [0.3, 0.4) is 0 Å². The largest absolute Gasteiger partial charge is 0.493 e. The number of ether oxygens (including phenoxy) is 1. The number of piperidine rings is 1. The van der Waals surface area contributed by atoms with E-state index in [1.807, 2.05) is 37.3 Å². The summed E-state index contributed by atoms with van der Waals surface area (Å²) in [6.07, 6.45) is 1.31. The highest BCUT2D eigenvalue weighted by Crippen LogP contribution is 2.28. The average molecular weight is 489 g/mol. The number of fused-ring (bicyclic) bond motifs is 1. The van der Waals surface area contributed by atoms with E-state index in [0.29, 0.717) is 55.7 Å². The van der Waals surface area contributed by atoms with Gasteiger partial charge in [0.2, 0.25) is 0 Å². The van der Waals surface area contributed by atoms with E-state index in [-0.39, 0.29) is 23.1 Å². The smallest absolute Gasteiger partial charge is 0.349 e. The second-order valence-corrected chi connectivity index (χ2v) is 8.92. The first-order chi connectivity index (χ1) is 17.5. The van der Waals surface area contributed by atoms with Crippen LogP contribution in [-0.4, -0.2) is 45.4 Å². The van der Waals surface area contributed by atoms with Crippen LogP contribution >= 0.6 is 0 Å². The van der Waals surface area contributed by atoms with Crippen molar-refractivity contribution in [3.8, 4) is 5.75 Å². The zero-order chi connectivity index (χ0) is 25.2. The normalized spacial score (nSPS) is 14.3. The van der Waals surface area contributed by atoms with Crippen molar-refractivity contribution in [2.45, 2.75) is 38.8 Å². The van der Waals surface area contributed by atoms with E-state index in [1.165, 1.54) is 11.8 Å². The van der Waals surface area contributed by atoms with Gasteiger partial charge in [0, 0.05) is 30.9 Å². The molecule has 186 valence electrons. The Labute approximate surface area is 207 Å². The van der Waals surface area contributed by atoms with Gasteiger partial charge < -0.3 is 14.1 Å². The molecule has 0 spiro atoms. The fourth-order valence-corrected chi connectivity index (χ4v) is 4.86. The number of para-hydroxylation sites is 1. The minimum absolute atomic E-state index is 0.00630. The summed E-state index contributed by atoms with van der Waals surface area (Å²) in [5.41, 5.74) is 0.535. The van der Waals surface area contributed by atoms with Crippen molar-refractivity contribution in [1.82, 2.24) is 19.2 Å². The van der Waals surface area contributed by atoms with Crippen LogP contribution in [0.1, 0.15) is 47.4 Å². The van der Waals surface area contributed by atoms with E-state index < -0.39 is 5.63 Å². The Hall–Kier alpha value is -4.14. The van der Waals surface area contributed by atoms with Crippen LogP contribution in [0.5, 0.6) is 5.75 Å². The zero-order valence-corrected chi connectivity index (χ0v) is 20.3. The highest BCUT2D eigenvalue weighted by molar-refractivity contribution is 5.97. The molecule has 0 atom stereocenters. The van der Waals surface area contributed by atoms with Gasteiger partial charge in [0.1, 0.15) is 11.4 Å². The van der Waals surface area contributed by atoms with Gasteiger partial charge in [-0.3, -0.25) is 9.36 Å². The summed E-state index contributed by atoms with van der Waals surface area (Å²) in [4.78, 5) is 40.5. The van der Waals surface area contributed by atoms with Crippen molar-refractivity contribution in [3.63, 3.8) is 0 Å². The lowest BCUT2D eigenvalue weighted by Crippen LogP contribution is -2.40. The fourth-order valence-electron chi connectivity index (χ4n) is 4.86. The van der Waals surface area contributed by atoms with Gasteiger partial charge in [-0.05, 0) is 37.5 Å². The molecular formula is C27H28N4O5. The van der Waals surface area contributed by atoms with Crippen LogP contribution < -0.4 is 16.1 Å². The third kappa shape index (κ3) is 4.32. The molecule has 0 N–H and O–H groups in total. The van der Waals surface area contributed by atoms with Gasteiger partial charge >= 0.3 is 11.3 Å². The first kappa shape index (κ1) is 23.6. The van der Waals surface area contributed by atoms with Crippen molar-refractivity contribution in [2.24, 2.45) is 0 Å². The van der Waals surface area contributed by atoms with Gasteiger partial charge in [-0.1, -0.05) is 42.5 Å². The van der Waals surface area contributed by atoms with Crippen LogP contribution in [0, 0.1) is 0 Å². The number of hydrogen-bond donors (Lipinski definition) is 0. The minimum atomic E-state index is -0.682. The molecule has 0 saturated carbocycles. The maximum Gasteiger partial charge on any atom is 0.349 e. The predicted molar refractivity (Wildman–Crippen MR) is 135 cm³/mol. The Morgan fingerprint density at radius 1 is 1.08 bits per heavy atom. The Balaban J connectivity index is 1.33. The lowest BCUT2D eigenvalue weighted by Gasteiger charge is -2.31. The van der Waals surface area contributed by atoms with Crippen LogP contribution in [0.2, 0.25) is 0 Å². The Kier molecular flexibility index (Phi) is 6.45. The summed E-state index contributed by atoms with van der Waals surface area (Å²) >= 11 is 0. The van der Waals surface area contributed by atoms with E-state index >= 15 is 0 Å². The Bertz CT molecular complexity index is 1510. The standard InChI is InChI=1S/C27H28N4O5/c1-3-30-24(28-31(27(30)34)17-18-8-5-4-6-9-18)19-12-14-29(15-13-19)25(32)21-16-20-10-7-11-22(35-2)23(20)36-26(21)33/h4-11,16,19H,3,12-15,17H2,1-2H3. The Morgan fingerprint density at radius 2 is 1.83 bits per heavy atom. The number of nitrogens with zero attached hydrogens (tertiary/aromatic N) is 4. The molecule has 9 heteroatoms. The van der Waals surface area contributed by atoms with Crippen LogP contribution in [0.15, 0.2) is 68.6 Å². The molecule has 5 rings (SSSR count). The summed E-state index contributed by atoms with van der Waals surface area (Å²) in [5.74, 6) is 0.895. The molecule has 1 saturated heterocycles. The van der Waals surface area contributed by atoms with Crippen LogP contribution in [-0.2, 0) is 13.1 Å². The van der Waals surface area contributed by atoms with Crippen LogP contribution in [0.4, 0.5) is 0 Å². The molecule has 2 aromatic heterocycles. The van der Waals surface area contributed by atoms with Crippen molar-refractivity contribution >= 4 is 16.9 Å². The lowest BCUT2D eigenvalue weighted by atomic mass is 9.95. The fraction of sp³-hybridized carbons (Fsp3) is 0.333. The molecule has 1 aliphatic rings. The molecule has 1 fully saturated rings. The van der Waals surface area contributed by atoms with E-state index in [1.54, 1.807) is 33.7 Å². The first-order valence-corrected chi connectivity index (χ1v) is 12.1. The number of hydrogen-bond acceptors (Lipinski definition) is 6. The van der Waals surface area contributed by atoms with Gasteiger partial charge in [0.05, 0.1) is 13.7 Å². The van der Waals surface area contributed by atoms with Crippen molar-refractivity contribution in [2.75, 3.05) is 20.2 Å². The quantitative estimate of drug-likeness (QED) is 0.387. The summed E-state index contributed by atoms with van der Waals surface area (Å²) in [6.45, 7) is 3.81. The minimum Gasteiger partial charge on any atom is -0.493 e. The molecule has 9 nitrogen and oxygen atoms in total. The van der Waals surface area contributed by atoms with Gasteiger partial charge in [-0.15, -0.1) is 0 Å². The predicted octanol–water partition coefficient (Wildman–Crippen LogP) is 3.25. The molecule has 1 aliphatic heterocycles. The summed E-state index contributed by atoms with van der Waals surface area (Å²) in [5, 5.41) is 5.31. The van der Waals surface area contributed by atoms with Gasteiger partial charge in [0.15, 0.2) is 11.3 Å². The number of rotatable bonds is 6. The summed E-state index contributed by atoms with van der Waals surface area (Å²) < 4.78 is 13.9. The molecule has 0 radical (unpaired) electrons. The number of aromatic nitrogens is 3. The molecule has 1 amide bonds. The zero-order valence-electron chi connectivity index (χ0n) is 20.3. The van der Waals surface area contributed by atoms with Crippen molar-refractivity contribution < 1.29 is 13.9 Å². The van der Waals surface area contributed by atoms with Gasteiger partial charge in [0.25, 0.3) is 5.91 Å². The van der Waals surface area contributed by atoms with E-state index in [9.17, 15) is 14.4 Å². The SMILES string of the molecule is CCn1c(C2CCN(C(=O)c3cc4cccc(OC)c4oc3=O)CC2)nn(Cc2ccccc2)c1=O. The molecule has 36 heavy (non-hydrogen) atoms. The van der Waals surface area contributed by atoms with E-state index in [2.05, 4.69) is 5.10 Å². The third-order valence-corrected chi connectivity index (χ3v) is 6.76. The number of carbonyl (C=O) groups excluding carboxylic acids is 1. The summed E-state index contributed by atoms with van der Waals surface area (Å²) in [7, 11) is 1.50. The van der Waals surface area contributed by atoms with Crippen LogP contribution in [0.25, 0.3) is 11.0 Å². The molecule has 0 aliphatic carbocycles. The monoisotopic (exact) mass is 488 g/mol. The van der Waals surface area contributed by atoms with Crippen molar-refractivity contribution in [3.05, 3.63) is 92.5 Å². The maximum atomic E-state index is 13.2. The summed E-state index contributed by atoms with van der Waals surface area (Å²) in [6, 6.07) is 16.6. The van der Waals surface area contributed by atoms with Gasteiger partial charge in [-0.2, -0.15) is 5.10 Å². The molecule has 0 unspecified atom stereocenters. The number of likely N-dealkylation sites (tertiary alicyclic amines) is 1. The van der Waals surface area contributed by atoms with Gasteiger partial charge in [-0.25, -0.2) is 14.3 Å². The number of amides is 1. The average Bonchev–Trinajstić information content (AvgIpc) is 3.22. The van der Waals surface area contributed by atoms with E-state index in [4.69, 9.17) is 9.15 Å². The highest BCUT2D eigenvalue weighted by atomic mass is 16.5. The third-order valence-electron chi connectivity index (χ3n) is 6.76. The molecule has 2 aromatic carbocycles. The molecule has 3 heterocycles. The van der Waals surface area contributed by atoms with E-state index in [0.717, 1.165) is 11.4 Å².